The van der Waals surface area contributed by atoms with Gasteiger partial charge in [0.2, 0.25) is 0 Å². The molecule has 1 rings (SSSR count). The molecule has 1 aliphatic heterocycles. The fourth-order valence-corrected chi connectivity index (χ4v) is 0.238. The Morgan fingerprint density at radius 2 is 1.83 bits per heavy atom. The summed E-state index contributed by atoms with van der Waals surface area (Å²) in [7, 11) is 0. The summed E-state index contributed by atoms with van der Waals surface area (Å²) in [5.74, 6) is 0. The monoisotopic (exact) mass is 90.0 g/mol. The maximum atomic E-state index is 4.57. The first-order chi connectivity index (χ1) is 2.89. The lowest BCUT2D eigenvalue weighted by Gasteiger charge is -1.89. The second-order valence-electron chi connectivity index (χ2n) is 1.01. The highest BCUT2D eigenvalue weighted by Gasteiger charge is 2.06. The maximum Gasteiger partial charge on any atom is 0.197 e. The molecule has 0 spiro atoms. The van der Waals surface area contributed by atoms with Gasteiger partial charge >= 0.3 is 0 Å². The standard InChI is InChI=1S/C2H6N2O2/c1-2-5-3-4-6-2/h2-4H,1H3. The van der Waals surface area contributed by atoms with Crippen molar-refractivity contribution in [1.82, 2.24) is 11.2 Å². The zero-order valence-electron chi connectivity index (χ0n) is 3.39. The van der Waals surface area contributed by atoms with Gasteiger partial charge < -0.3 is 0 Å². The van der Waals surface area contributed by atoms with Gasteiger partial charge in [-0.3, -0.25) is 9.68 Å². The summed E-state index contributed by atoms with van der Waals surface area (Å²) in [5, 5.41) is 0. The summed E-state index contributed by atoms with van der Waals surface area (Å²) in [5.41, 5.74) is 4.60. The van der Waals surface area contributed by atoms with Gasteiger partial charge in [0.25, 0.3) is 0 Å². The van der Waals surface area contributed by atoms with E-state index in [1.54, 1.807) is 6.92 Å². The van der Waals surface area contributed by atoms with Crippen LogP contribution in [0.1, 0.15) is 6.92 Å². The van der Waals surface area contributed by atoms with Crippen LogP contribution in [0.15, 0.2) is 0 Å². The topological polar surface area (TPSA) is 42.5 Å². The van der Waals surface area contributed by atoms with E-state index in [1.807, 2.05) is 0 Å². The van der Waals surface area contributed by atoms with Gasteiger partial charge in [-0.2, -0.15) is 0 Å². The van der Waals surface area contributed by atoms with Crippen molar-refractivity contribution >= 4 is 0 Å². The molecule has 4 heteroatoms. The van der Waals surface area contributed by atoms with Crippen LogP contribution in [0, 0.1) is 0 Å². The quantitative estimate of drug-likeness (QED) is 0.413. The zero-order valence-corrected chi connectivity index (χ0v) is 3.39. The number of hydrazine groups is 1. The van der Waals surface area contributed by atoms with Gasteiger partial charge in [0, 0.05) is 0 Å². The molecule has 1 fully saturated rings. The third-order valence-electron chi connectivity index (χ3n) is 0.491. The van der Waals surface area contributed by atoms with E-state index in [9.17, 15) is 0 Å². The van der Waals surface area contributed by atoms with E-state index in [0.29, 0.717) is 0 Å². The number of hydrogen-bond acceptors (Lipinski definition) is 4. The van der Waals surface area contributed by atoms with Gasteiger partial charge in [-0.05, 0) is 6.92 Å². The van der Waals surface area contributed by atoms with Crippen LogP contribution >= 0.6 is 0 Å². The minimum absolute atomic E-state index is 0.176. The first-order valence-corrected chi connectivity index (χ1v) is 1.71. The Bertz CT molecular complexity index is 42.8. The Balaban J connectivity index is 2.18. The molecule has 36 valence electrons. The number of hydrogen-bond donors (Lipinski definition) is 2. The van der Waals surface area contributed by atoms with Gasteiger partial charge in [0.15, 0.2) is 6.29 Å². The van der Waals surface area contributed by atoms with E-state index in [-0.39, 0.29) is 6.29 Å². The van der Waals surface area contributed by atoms with Crippen LogP contribution in [0.2, 0.25) is 0 Å². The van der Waals surface area contributed by atoms with Crippen LogP contribution in [-0.4, -0.2) is 6.29 Å². The molecule has 0 unspecified atom stereocenters. The summed E-state index contributed by atoms with van der Waals surface area (Å²) in [6.45, 7) is 1.77. The average molecular weight is 90.1 g/mol. The van der Waals surface area contributed by atoms with Crippen molar-refractivity contribution in [3.63, 3.8) is 0 Å². The Kier molecular flexibility index (Phi) is 1.02. The van der Waals surface area contributed by atoms with Crippen molar-refractivity contribution in [3.05, 3.63) is 0 Å². The fourth-order valence-electron chi connectivity index (χ4n) is 0.238. The van der Waals surface area contributed by atoms with Crippen molar-refractivity contribution in [2.75, 3.05) is 0 Å². The molecule has 0 aromatic carbocycles. The predicted octanol–water partition coefficient (Wildman–Crippen LogP) is -0.697. The largest absolute Gasteiger partial charge is 0.252 e. The molecule has 1 heterocycles. The van der Waals surface area contributed by atoms with Crippen LogP contribution in [0.3, 0.4) is 0 Å². The Labute approximate surface area is 35.3 Å². The van der Waals surface area contributed by atoms with Crippen LogP contribution in [-0.2, 0) is 9.68 Å². The maximum absolute atomic E-state index is 4.57. The third kappa shape index (κ3) is 0.662. The lowest BCUT2D eigenvalue weighted by molar-refractivity contribution is -0.0573. The molecule has 0 aliphatic carbocycles. The number of rotatable bonds is 0. The van der Waals surface area contributed by atoms with E-state index in [0.717, 1.165) is 0 Å². The minimum atomic E-state index is -0.176. The van der Waals surface area contributed by atoms with Gasteiger partial charge in [0.05, 0.1) is 0 Å². The SMILES string of the molecule is CC1ONNO1. The van der Waals surface area contributed by atoms with Crippen LogP contribution in [0.4, 0.5) is 0 Å². The fraction of sp³-hybridized carbons (Fsp3) is 1.00. The van der Waals surface area contributed by atoms with E-state index < -0.39 is 0 Å². The van der Waals surface area contributed by atoms with Gasteiger partial charge in [0.1, 0.15) is 0 Å². The second kappa shape index (κ2) is 1.53. The normalized spacial score (nSPS) is 25.5. The Morgan fingerprint density at radius 1 is 1.33 bits per heavy atom. The highest BCUT2D eigenvalue weighted by molar-refractivity contribution is 4.23. The molecule has 4 nitrogen and oxygen atoms in total. The van der Waals surface area contributed by atoms with Gasteiger partial charge in [-0.1, -0.05) is 0 Å². The van der Waals surface area contributed by atoms with Gasteiger partial charge in [-0.15, -0.1) is 11.2 Å². The van der Waals surface area contributed by atoms with E-state index in [4.69, 9.17) is 0 Å². The third-order valence-corrected chi connectivity index (χ3v) is 0.491. The smallest absolute Gasteiger partial charge is 0.197 e. The van der Waals surface area contributed by atoms with E-state index in [1.165, 1.54) is 0 Å². The molecule has 6 heavy (non-hydrogen) atoms. The summed E-state index contributed by atoms with van der Waals surface area (Å²) >= 11 is 0. The molecule has 0 aromatic heterocycles. The first kappa shape index (κ1) is 4.01. The second-order valence-corrected chi connectivity index (χ2v) is 1.01. The summed E-state index contributed by atoms with van der Waals surface area (Å²) < 4.78 is 0. The molecule has 0 radical (unpaired) electrons. The predicted molar refractivity (Wildman–Crippen MR) is 17.9 cm³/mol. The highest BCUT2D eigenvalue weighted by atomic mass is 16.9. The summed E-state index contributed by atoms with van der Waals surface area (Å²) in [4.78, 5) is 9.14. The van der Waals surface area contributed by atoms with E-state index >= 15 is 0 Å². The van der Waals surface area contributed by atoms with Crippen molar-refractivity contribution in [1.29, 1.82) is 0 Å². The molecule has 0 atom stereocenters. The molecule has 1 aliphatic rings. The molecule has 0 bridgehead atoms. The van der Waals surface area contributed by atoms with Crippen LogP contribution < -0.4 is 11.2 Å². The van der Waals surface area contributed by atoms with Crippen molar-refractivity contribution in [2.24, 2.45) is 0 Å². The van der Waals surface area contributed by atoms with Crippen LogP contribution in [0.5, 0.6) is 0 Å². The summed E-state index contributed by atoms with van der Waals surface area (Å²) in [6.07, 6.45) is -0.176. The van der Waals surface area contributed by atoms with Crippen molar-refractivity contribution < 1.29 is 9.68 Å². The summed E-state index contributed by atoms with van der Waals surface area (Å²) in [6, 6.07) is 0. The van der Waals surface area contributed by atoms with Crippen molar-refractivity contribution in [3.8, 4) is 0 Å². The Morgan fingerprint density at radius 3 is 2.00 bits per heavy atom. The molecule has 0 saturated carbocycles. The lowest BCUT2D eigenvalue weighted by atomic mass is 10.8. The molecule has 1 saturated heterocycles. The minimum Gasteiger partial charge on any atom is -0.252 e. The average Bonchev–Trinajstić information content (AvgIpc) is 1.86. The highest BCUT2D eigenvalue weighted by Crippen LogP contribution is 1.88. The molecular formula is C2H6N2O2. The van der Waals surface area contributed by atoms with E-state index in [2.05, 4.69) is 20.9 Å². The zero-order chi connectivity index (χ0) is 4.41. The molecular weight excluding hydrogens is 84.0 g/mol. The Hall–Kier alpha value is -0.160. The molecule has 0 aromatic rings. The van der Waals surface area contributed by atoms with Crippen LogP contribution in [0.25, 0.3) is 0 Å². The van der Waals surface area contributed by atoms with Crippen molar-refractivity contribution in [2.45, 2.75) is 13.2 Å². The molecule has 0 amide bonds. The lowest BCUT2D eigenvalue weighted by Crippen LogP contribution is -2.18. The molecule has 2 N–H and O–H groups in total. The first-order valence-electron chi connectivity index (χ1n) is 1.71. The number of nitrogens with one attached hydrogen (secondary N) is 2. The van der Waals surface area contributed by atoms with Gasteiger partial charge in [-0.25, -0.2) is 0 Å².